The van der Waals surface area contributed by atoms with Gasteiger partial charge in [-0.05, 0) is 39.8 Å². The SMILES string of the molecule is COC(=C=O)/C=C/CN1CCC2(C1)CN(C(=O)OC(C)(C)C)C2. The lowest BCUT2D eigenvalue weighted by Gasteiger charge is -2.47. The number of carbonyl (C=O) groups is 1. The van der Waals surface area contributed by atoms with E-state index in [4.69, 9.17) is 9.47 Å². The summed E-state index contributed by atoms with van der Waals surface area (Å²) in [6, 6.07) is 0. The molecule has 2 saturated heterocycles. The van der Waals surface area contributed by atoms with E-state index in [0.717, 1.165) is 39.1 Å². The molecule has 0 atom stereocenters. The molecule has 2 aliphatic rings. The first-order valence-corrected chi connectivity index (χ1v) is 7.93. The van der Waals surface area contributed by atoms with E-state index in [1.165, 1.54) is 7.11 Å². The average Bonchev–Trinajstić information content (AvgIpc) is 2.84. The second-order valence-electron chi connectivity index (χ2n) is 7.39. The van der Waals surface area contributed by atoms with Gasteiger partial charge in [0.05, 0.1) is 7.11 Å². The van der Waals surface area contributed by atoms with E-state index in [-0.39, 0.29) is 17.3 Å². The standard InChI is InChI=1S/C17H26N2O4/c1-16(2,3)23-15(21)19-12-17(13-19)7-9-18(11-17)8-5-6-14(10-20)22-4/h5-6H,7-9,11-13H2,1-4H3/b6-5+. The summed E-state index contributed by atoms with van der Waals surface area (Å²) in [5, 5.41) is 0. The number of hydrogen-bond acceptors (Lipinski definition) is 5. The Bertz CT molecular complexity index is 523. The highest BCUT2D eigenvalue weighted by atomic mass is 16.6. The maximum Gasteiger partial charge on any atom is 0.410 e. The first-order chi connectivity index (χ1) is 10.8. The summed E-state index contributed by atoms with van der Waals surface area (Å²) in [5.74, 6) is 1.94. The van der Waals surface area contributed by atoms with E-state index < -0.39 is 5.60 Å². The van der Waals surface area contributed by atoms with Gasteiger partial charge in [-0.3, -0.25) is 4.90 Å². The van der Waals surface area contributed by atoms with Crippen molar-refractivity contribution in [3.63, 3.8) is 0 Å². The fourth-order valence-corrected chi connectivity index (χ4v) is 3.11. The minimum Gasteiger partial charge on any atom is -0.487 e. The second-order valence-corrected chi connectivity index (χ2v) is 7.39. The van der Waals surface area contributed by atoms with Gasteiger partial charge in [-0.2, -0.15) is 0 Å². The lowest BCUT2D eigenvalue weighted by molar-refractivity contribution is -0.0301. The zero-order valence-electron chi connectivity index (χ0n) is 14.4. The number of allylic oxidation sites excluding steroid dienone is 1. The molecule has 0 aromatic heterocycles. The van der Waals surface area contributed by atoms with Crippen molar-refractivity contribution >= 4 is 12.0 Å². The van der Waals surface area contributed by atoms with E-state index in [1.807, 2.05) is 26.8 Å². The highest BCUT2D eigenvalue weighted by Crippen LogP contribution is 2.40. The van der Waals surface area contributed by atoms with E-state index in [2.05, 4.69) is 4.90 Å². The van der Waals surface area contributed by atoms with E-state index in [1.54, 1.807) is 16.9 Å². The van der Waals surface area contributed by atoms with Crippen molar-refractivity contribution in [2.45, 2.75) is 32.8 Å². The first kappa shape index (κ1) is 17.6. The number of hydrogen-bond donors (Lipinski definition) is 0. The maximum atomic E-state index is 12.0. The smallest absolute Gasteiger partial charge is 0.410 e. The van der Waals surface area contributed by atoms with Crippen LogP contribution in [0.4, 0.5) is 4.79 Å². The molecule has 128 valence electrons. The Morgan fingerprint density at radius 2 is 2.00 bits per heavy atom. The zero-order chi connectivity index (χ0) is 17.1. The first-order valence-electron chi connectivity index (χ1n) is 7.93. The Hall–Kier alpha value is -1.78. The Morgan fingerprint density at radius 1 is 1.30 bits per heavy atom. The van der Waals surface area contributed by atoms with Crippen LogP contribution in [0.5, 0.6) is 0 Å². The molecular weight excluding hydrogens is 296 g/mol. The van der Waals surface area contributed by atoms with Crippen molar-refractivity contribution in [3.05, 3.63) is 17.9 Å². The fourth-order valence-electron chi connectivity index (χ4n) is 3.11. The Kier molecular flexibility index (Phi) is 5.17. The maximum absolute atomic E-state index is 12.0. The van der Waals surface area contributed by atoms with Gasteiger partial charge in [-0.1, -0.05) is 6.08 Å². The fraction of sp³-hybridized carbons (Fsp3) is 0.706. The summed E-state index contributed by atoms with van der Waals surface area (Å²) in [6.45, 7) is 9.90. The van der Waals surface area contributed by atoms with Gasteiger partial charge in [0.15, 0.2) is 5.94 Å². The molecule has 23 heavy (non-hydrogen) atoms. The number of likely N-dealkylation sites (tertiary alicyclic amines) is 2. The number of amides is 1. The zero-order valence-corrected chi connectivity index (χ0v) is 14.4. The number of ether oxygens (including phenoxy) is 2. The lowest BCUT2D eigenvalue weighted by atomic mass is 9.79. The summed E-state index contributed by atoms with van der Waals surface area (Å²) in [5.41, 5.74) is -0.243. The van der Waals surface area contributed by atoms with Gasteiger partial charge in [-0.15, -0.1) is 0 Å². The Morgan fingerprint density at radius 3 is 2.57 bits per heavy atom. The molecule has 2 aliphatic heterocycles. The van der Waals surface area contributed by atoms with Crippen molar-refractivity contribution in [2.75, 3.05) is 39.8 Å². The number of carbonyl (C=O) groups excluding carboxylic acids is 2. The summed E-state index contributed by atoms with van der Waals surface area (Å²) in [6.07, 6.45) is 4.42. The van der Waals surface area contributed by atoms with Crippen LogP contribution in [0, 0.1) is 5.41 Å². The van der Waals surface area contributed by atoms with Crippen molar-refractivity contribution in [1.82, 2.24) is 9.80 Å². The van der Waals surface area contributed by atoms with Crippen LogP contribution in [-0.4, -0.2) is 67.3 Å². The van der Waals surface area contributed by atoms with Crippen LogP contribution >= 0.6 is 0 Å². The van der Waals surface area contributed by atoms with E-state index >= 15 is 0 Å². The van der Waals surface area contributed by atoms with E-state index in [0.29, 0.717) is 0 Å². The molecule has 0 radical (unpaired) electrons. The number of nitrogens with zero attached hydrogens (tertiary/aromatic N) is 2. The van der Waals surface area contributed by atoms with Gasteiger partial charge in [0, 0.05) is 31.6 Å². The normalized spacial score (nSPS) is 20.4. The molecular formula is C17H26N2O4. The highest BCUT2D eigenvalue weighted by Gasteiger charge is 2.49. The van der Waals surface area contributed by atoms with Crippen LogP contribution in [-0.2, 0) is 14.3 Å². The topological polar surface area (TPSA) is 59.1 Å². The number of methoxy groups -OCH3 is 1. The molecule has 0 aromatic carbocycles. The average molecular weight is 322 g/mol. The highest BCUT2D eigenvalue weighted by molar-refractivity contribution is 5.69. The predicted octanol–water partition coefficient (Wildman–Crippen LogP) is 1.85. The molecule has 0 N–H and O–H groups in total. The molecule has 0 unspecified atom stereocenters. The van der Waals surface area contributed by atoms with Gasteiger partial charge in [-0.25, -0.2) is 9.59 Å². The van der Waals surface area contributed by atoms with Crippen molar-refractivity contribution < 1.29 is 19.1 Å². The minimum atomic E-state index is -0.447. The summed E-state index contributed by atoms with van der Waals surface area (Å²) < 4.78 is 10.2. The van der Waals surface area contributed by atoms with Crippen LogP contribution < -0.4 is 0 Å². The van der Waals surface area contributed by atoms with Crippen LogP contribution in [0.1, 0.15) is 27.2 Å². The molecule has 2 fully saturated rings. The molecule has 0 aliphatic carbocycles. The summed E-state index contributed by atoms with van der Waals surface area (Å²) in [7, 11) is 1.45. The lowest BCUT2D eigenvalue weighted by Crippen LogP contribution is -2.60. The summed E-state index contributed by atoms with van der Waals surface area (Å²) >= 11 is 0. The van der Waals surface area contributed by atoms with Gasteiger partial charge < -0.3 is 14.4 Å². The molecule has 1 spiro atoms. The van der Waals surface area contributed by atoms with Crippen molar-refractivity contribution in [2.24, 2.45) is 5.41 Å². The van der Waals surface area contributed by atoms with Gasteiger partial charge >= 0.3 is 6.09 Å². The van der Waals surface area contributed by atoms with Crippen LogP contribution in [0.15, 0.2) is 17.9 Å². The minimum absolute atomic E-state index is 0.204. The second kappa shape index (κ2) is 6.77. The third kappa shape index (κ3) is 4.60. The molecule has 0 aromatic rings. The van der Waals surface area contributed by atoms with Gasteiger partial charge in [0.1, 0.15) is 5.60 Å². The third-order valence-corrected chi connectivity index (χ3v) is 4.17. The number of rotatable bonds is 4. The quantitative estimate of drug-likeness (QED) is 0.449. The van der Waals surface area contributed by atoms with Crippen molar-refractivity contribution in [1.29, 1.82) is 0 Å². The molecule has 6 heteroatoms. The molecule has 1 amide bonds. The van der Waals surface area contributed by atoms with Crippen LogP contribution in [0.25, 0.3) is 0 Å². The Balaban J connectivity index is 1.77. The molecule has 2 heterocycles. The third-order valence-electron chi connectivity index (χ3n) is 4.17. The summed E-state index contributed by atoms with van der Waals surface area (Å²) in [4.78, 5) is 26.6. The van der Waals surface area contributed by atoms with E-state index in [9.17, 15) is 9.59 Å². The largest absolute Gasteiger partial charge is 0.487 e. The predicted molar refractivity (Wildman–Crippen MR) is 86.7 cm³/mol. The molecule has 0 bridgehead atoms. The molecule has 6 nitrogen and oxygen atoms in total. The van der Waals surface area contributed by atoms with Gasteiger partial charge in [0.25, 0.3) is 0 Å². The molecule has 2 rings (SSSR count). The Labute approximate surface area is 137 Å². The van der Waals surface area contributed by atoms with Crippen molar-refractivity contribution in [3.8, 4) is 0 Å². The van der Waals surface area contributed by atoms with Gasteiger partial charge in [0.2, 0.25) is 5.76 Å². The monoisotopic (exact) mass is 322 g/mol. The van der Waals surface area contributed by atoms with Crippen LogP contribution in [0.2, 0.25) is 0 Å². The van der Waals surface area contributed by atoms with Crippen LogP contribution in [0.3, 0.4) is 0 Å². The molecule has 0 saturated carbocycles.